The maximum atomic E-state index is 13.2. The molecule has 1 aliphatic rings. The topological polar surface area (TPSA) is 89.0 Å². The number of pyridine rings is 1. The van der Waals surface area contributed by atoms with Crippen LogP contribution >= 0.6 is 11.6 Å². The number of aliphatic hydroxyl groups is 1. The van der Waals surface area contributed by atoms with Crippen molar-refractivity contribution < 1.29 is 24.2 Å². The Kier molecular flexibility index (Phi) is 6.33. The minimum absolute atomic E-state index is 0.0717. The fourth-order valence-corrected chi connectivity index (χ4v) is 4.00. The maximum Gasteiger partial charge on any atom is 0.300 e. The Balaban J connectivity index is 1.92. The summed E-state index contributed by atoms with van der Waals surface area (Å²) in [5.41, 5.74) is 1.22. The van der Waals surface area contributed by atoms with Crippen molar-refractivity contribution in [3.63, 3.8) is 0 Å². The predicted octanol–water partition coefficient (Wildman–Crippen LogP) is 4.77. The van der Waals surface area contributed by atoms with E-state index in [0.29, 0.717) is 29.4 Å². The van der Waals surface area contributed by atoms with Crippen LogP contribution in [0.15, 0.2) is 72.6 Å². The highest BCUT2D eigenvalue weighted by Crippen LogP contribution is 2.43. The second kappa shape index (κ2) is 9.34. The number of nitrogens with zero attached hydrogens (tertiary/aromatic N) is 2. The summed E-state index contributed by atoms with van der Waals surface area (Å²) < 4.78 is 10.7. The molecule has 1 aliphatic heterocycles. The molecular weight excluding hydrogens is 444 g/mol. The van der Waals surface area contributed by atoms with Gasteiger partial charge in [-0.2, -0.15) is 0 Å². The number of methoxy groups -OCH3 is 1. The van der Waals surface area contributed by atoms with Crippen LogP contribution < -0.4 is 14.4 Å². The minimum Gasteiger partial charge on any atom is -0.507 e. The first kappa shape index (κ1) is 22.4. The molecule has 8 heteroatoms. The van der Waals surface area contributed by atoms with Crippen LogP contribution in [-0.4, -0.2) is 35.5 Å². The van der Waals surface area contributed by atoms with Gasteiger partial charge in [-0.05, 0) is 67.1 Å². The summed E-state index contributed by atoms with van der Waals surface area (Å²) in [4.78, 5) is 31.8. The molecule has 0 spiro atoms. The normalized spacial score (nSPS) is 17.3. The van der Waals surface area contributed by atoms with E-state index in [0.717, 1.165) is 0 Å². The first-order valence-electron chi connectivity index (χ1n) is 10.2. The molecule has 0 aliphatic carbocycles. The van der Waals surface area contributed by atoms with E-state index in [1.807, 2.05) is 6.92 Å². The van der Waals surface area contributed by atoms with E-state index in [1.54, 1.807) is 67.0 Å². The Hall–Kier alpha value is -3.84. The third-order valence-corrected chi connectivity index (χ3v) is 5.65. The van der Waals surface area contributed by atoms with E-state index in [-0.39, 0.29) is 21.9 Å². The number of hydrogen-bond acceptors (Lipinski definition) is 6. The van der Waals surface area contributed by atoms with Crippen molar-refractivity contribution in [3.8, 4) is 11.5 Å². The Morgan fingerprint density at radius 3 is 2.36 bits per heavy atom. The standard InChI is InChI=1S/C25H21ClN2O5/c1-3-33-18-8-9-20(26)19(14-18)23(29)21-22(15-10-12-27-13-11-15)28(25(31)24(21)30)16-4-6-17(32-2)7-5-16/h4-14,22,29H,3H2,1-2H3/b23-21+. The fraction of sp³-hybridized carbons (Fsp3) is 0.160. The van der Waals surface area contributed by atoms with E-state index in [9.17, 15) is 14.7 Å². The Labute approximate surface area is 195 Å². The van der Waals surface area contributed by atoms with Crippen molar-refractivity contribution in [2.24, 2.45) is 0 Å². The number of carbonyl (C=O) groups is 2. The molecule has 4 rings (SSSR count). The van der Waals surface area contributed by atoms with Gasteiger partial charge in [0.05, 0.1) is 30.4 Å². The number of Topliss-reactive ketones (excluding diaryl/α,β-unsaturated/α-hetero) is 1. The van der Waals surface area contributed by atoms with Crippen molar-refractivity contribution in [3.05, 3.63) is 88.7 Å². The van der Waals surface area contributed by atoms with Gasteiger partial charge in [-0.25, -0.2) is 0 Å². The molecule has 3 aromatic rings. The molecule has 1 saturated heterocycles. The van der Waals surface area contributed by atoms with Gasteiger partial charge in [-0.3, -0.25) is 19.5 Å². The second-order valence-electron chi connectivity index (χ2n) is 7.22. The average molecular weight is 465 g/mol. The average Bonchev–Trinajstić information content (AvgIpc) is 3.11. The third-order valence-electron chi connectivity index (χ3n) is 5.32. The molecule has 7 nitrogen and oxygen atoms in total. The van der Waals surface area contributed by atoms with Gasteiger partial charge < -0.3 is 14.6 Å². The largest absolute Gasteiger partial charge is 0.507 e. The first-order valence-corrected chi connectivity index (χ1v) is 10.6. The van der Waals surface area contributed by atoms with Gasteiger partial charge in [0, 0.05) is 23.6 Å². The Morgan fingerprint density at radius 1 is 1.06 bits per heavy atom. The lowest BCUT2D eigenvalue weighted by molar-refractivity contribution is -0.132. The molecule has 0 saturated carbocycles. The van der Waals surface area contributed by atoms with Crippen LogP contribution in [-0.2, 0) is 9.59 Å². The Bertz CT molecular complexity index is 1230. The van der Waals surface area contributed by atoms with E-state index in [4.69, 9.17) is 21.1 Å². The molecule has 1 amide bonds. The molecule has 2 aromatic carbocycles. The highest BCUT2D eigenvalue weighted by Gasteiger charge is 2.47. The van der Waals surface area contributed by atoms with E-state index >= 15 is 0 Å². The molecule has 2 heterocycles. The summed E-state index contributed by atoms with van der Waals surface area (Å²) >= 11 is 6.35. The van der Waals surface area contributed by atoms with Gasteiger partial charge in [0.15, 0.2) is 0 Å². The van der Waals surface area contributed by atoms with Crippen LogP contribution in [0.1, 0.15) is 24.1 Å². The summed E-state index contributed by atoms with van der Waals surface area (Å²) in [6, 6.07) is 14.0. The van der Waals surface area contributed by atoms with Crippen LogP contribution in [0.5, 0.6) is 11.5 Å². The lowest BCUT2D eigenvalue weighted by Gasteiger charge is -2.25. The highest BCUT2D eigenvalue weighted by molar-refractivity contribution is 6.52. The number of aliphatic hydroxyl groups excluding tert-OH is 1. The van der Waals surface area contributed by atoms with Crippen LogP contribution in [0.2, 0.25) is 5.02 Å². The molecule has 1 unspecified atom stereocenters. The van der Waals surface area contributed by atoms with Crippen LogP contribution in [0, 0.1) is 0 Å². The van der Waals surface area contributed by atoms with E-state index < -0.39 is 17.7 Å². The summed E-state index contributed by atoms with van der Waals surface area (Å²) in [7, 11) is 1.54. The van der Waals surface area contributed by atoms with Crippen molar-refractivity contribution in [2.75, 3.05) is 18.6 Å². The van der Waals surface area contributed by atoms with Gasteiger partial charge in [0.25, 0.3) is 11.7 Å². The number of aromatic nitrogens is 1. The van der Waals surface area contributed by atoms with Crippen molar-refractivity contribution in [1.29, 1.82) is 0 Å². The number of ketones is 1. The second-order valence-corrected chi connectivity index (χ2v) is 7.63. The fourth-order valence-electron chi connectivity index (χ4n) is 3.79. The lowest BCUT2D eigenvalue weighted by atomic mass is 9.95. The molecule has 0 radical (unpaired) electrons. The smallest absolute Gasteiger partial charge is 0.300 e. The van der Waals surface area contributed by atoms with Gasteiger partial charge in [0.2, 0.25) is 0 Å². The van der Waals surface area contributed by atoms with Gasteiger partial charge in [-0.1, -0.05) is 11.6 Å². The number of carbonyl (C=O) groups excluding carboxylic acids is 2. The number of amides is 1. The lowest BCUT2D eigenvalue weighted by Crippen LogP contribution is -2.29. The highest BCUT2D eigenvalue weighted by atomic mass is 35.5. The summed E-state index contributed by atoms with van der Waals surface area (Å²) in [5, 5.41) is 11.5. The quantitative estimate of drug-likeness (QED) is 0.321. The van der Waals surface area contributed by atoms with Crippen molar-refractivity contribution >= 4 is 34.7 Å². The predicted molar refractivity (Wildman–Crippen MR) is 125 cm³/mol. The molecule has 1 fully saturated rings. The minimum atomic E-state index is -0.881. The summed E-state index contributed by atoms with van der Waals surface area (Å²) in [5.74, 6) is -0.870. The molecule has 0 bridgehead atoms. The van der Waals surface area contributed by atoms with Gasteiger partial charge in [0.1, 0.15) is 17.3 Å². The van der Waals surface area contributed by atoms with Crippen LogP contribution in [0.25, 0.3) is 5.76 Å². The number of hydrogen-bond donors (Lipinski definition) is 1. The van der Waals surface area contributed by atoms with E-state index in [1.165, 1.54) is 12.0 Å². The molecule has 33 heavy (non-hydrogen) atoms. The van der Waals surface area contributed by atoms with Gasteiger partial charge in [-0.15, -0.1) is 0 Å². The maximum absolute atomic E-state index is 13.2. The van der Waals surface area contributed by atoms with Crippen LogP contribution in [0.4, 0.5) is 5.69 Å². The number of benzene rings is 2. The SMILES string of the molecule is CCOc1ccc(Cl)c(/C(O)=C2\C(=O)C(=O)N(c3ccc(OC)cc3)C2c2ccncc2)c1. The van der Waals surface area contributed by atoms with Crippen molar-refractivity contribution in [1.82, 2.24) is 4.98 Å². The zero-order valence-electron chi connectivity index (χ0n) is 18.0. The zero-order valence-corrected chi connectivity index (χ0v) is 18.7. The monoisotopic (exact) mass is 464 g/mol. The number of rotatable bonds is 6. The summed E-state index contributed by atoms with van der Waals surface area (Å²) in [6.45, 7) is 2.25. The molecule has 1 aromatic heterocycles. The number of ether oxygens (including phenoxy) is 2. The van der Waals surface area contributed by atoms with Crippen LogP contribution in [0.3, 0.4) is 0 Å². The van der Waals surface area contributed by atoms with Gasteiger partial charge >= 0.3 is 0 Å². The number of halogens is 1. The van der Waals surface area contributed by atoms with E-state index in [2.05, 4.69) is 4.98 Å². The van der Waals surface area contributed by atoms with Crippen molar-refractivity contribution in [2.45, 2.75) is 13.0 Å². The Morgan fingerprint density at radius 2 is 1.73 bits per heavy atom. The number of anilines is 1. The summed E-state index contributed by atoms with van der Waals surface area (Å²) in [6.07, 6.45) is 3.12. The molecule has 1 atom stereocenters. The molecular formula is C25H21ClN2O5. The third kappa shape index (κ3) is 4.15. The molecule has 1 N–H and O–H groups in total. The molecule has 168 valence electrons. The first-order chi connectivity index (χ1) is 16.0. The zero-order chi connectivity index (χ0) is 23.5.